The van der Waals surface area contributed by atoms with Crippen LogP contribution in [0, 0.1) is 5.92 Å². The van der Waals surface area contributed by atoms with Gasteiger partial charge in [-0.25, -0.2) is 0 Å². The quantitative estimate of drug-likeness (QED) is 0.365. The highest BCUT2D eigenvalue weighted by Crippen LogP contribution is 2.51. The van der Waals surface area contributed by atoms with Crippen molar-refractivity contribution in [3.05, 3.63) is 57.6 Å². The highest BCUT2D eigenvalue weighted by molar-refractivity contribution is 5.86. The Morgan fingerprint density at radius 3 is 1.94 bits per heavy atom. The van der Waals surface area contributed by atoms with Crippen LogP contribution in [-0.4, -0.2) is 34.2 Å². The second kappa shape index (κ2) is 11.0. The number of benzene rings is 2. The molecule has 2 saturated carbocycles. The summed E-state index contributed by atoms with van der Waals surface area (Å²) >= 11 is 0. The molecule has 0 spiro atoms. The molecule has 4 heteroatoms. The Balaban J connectivity index is 1.63. The number of aromatic hydroxyl groups is 2. The fourth-order valence-corrected chi connectivity index (χ4v) is 6.14. The molecule has 3 unspecified atom stereocenters. The van der Waals surface area contributed by atoms with Gasteiger partial charge in [-0.15, -0.1) is 0 Å². The number of rotatable bonds is 10. The van der Waals surface area contributed by atoms with Gasteiger partial charge >= 0.3 is 0 Å². The first-order valence-corrected chi connectivity index (χ1v) is 13.7. The monoisotopic (exact) mass is 474 g/mol. The van der Waals surface area contributed by atoms with E-state index in [1.807, 2.05) is 12.4 Å². The number of aryl methyl sites for hydroxylation is 4. The molecular weight excluding hydrogens is 432 g/mol. The van der Waals surface area contributed by atoms with Crippen molar-refractivity contribution in [2.75, 3.05) is 0 Å². The lowest BCUT2D eigenvalue weighted by Crippen LogP contribution is -2.34. The van der Waals surface area contributed by atoms with Crippen LogP contribution >= 0.6 is 0 Å². The minimum absolute atomic E-state index is 0.114. The maximum absolute atomic E-state index is 10.8. The van der Waals surface area contributed by atoms with Crippen molar-refractivity contribution in [2.24, 2.45) is 15.9 Å². The molecule has 2 N–H and O–H groups in total. The Morgan fingerprint density at radius 2 is 1.43 bits per heavy atom. The number of fused-ring (bicyclic) bond motifs is 2. The summed E-state index contributed by atoms with van der Waals surface area (Å²) in [5.74, 6) is 1.39. The lowest BCUT2D eigenvalue weighted by molar-refractivity contribution is 0.367. The number of hydrogen-bond donors (Lipinski definition) is 2. The summed E-state index contributed by atoms with van der Waals surface area (Å²) in [5, 5.41) is 21.6. The van der Waals surface area contributed by atoms with E-state index in [1.54, 1.807) is 0 Å². The standard InChI is InChI=1S/C31H42N2O2/c1-5-9-21-13-24(7-3)29(34)26(15-21)19-32-28-17-23-11-12-31(28,18-23)33-20-27-16-22(10-6-2)14-25(8-4)30(27)35/h13-16,19-20,23,28,34-35H,5-12,17-18H2,1-4H3. The molecule has 0 saturated heterocycles. The molecule has 0 amide bonds. The molecule has 2 aromatic rings. The van der Waals surface area contributed by atoms with Crippen LogP contribution in [0.2, 0.25) is 0 Å². The average Bonchev–Trinajstić information content (AvgIpc) is 3.43. The van der Waals surface area contributed by atoms with Crippen molar-refractivity contribution >= 4 is 12.4 Å². The van der Waals surface area contributed by atoms with Gasteiger partial charge < -0.3 is 10.2 Å². The third kappa shape index (κ3) is 5.32. The molecule has 2 bridgehead atoms. The van der Waals surface area contributed by atoms with Crippen molar-refractivity contribution in [2.45, 2.75) is 103 Å². The molecule has 2 fully saturated rings. The van der Waals surface area contributed by atoms with E-state index in [9.17, 15) is 10.2 Å². The number of hydrogen-bond acceptors (Lipinski definition) is 4. The molecule has 0 heterocycles. The zero-order chi connectivity index (χ0) is 25.0. The second-order valence-corrected chi connectivity index (χ2v) is 10.6. The Bertz CT molecular complexity index is 1100. The highest BCUT2D eigenvalue weighted by Gasteiger charge is 2.52. The minimum atomic E-state index is -0.203. The Labute approximate surface area is 211 Å². The number of aliphatic imine (C=N–C) groups is 2. The summed E-state index contributed by atoms with van der Waals surface area (Å²) in [7, 11) is 0. The molecule has 35 heavy (non-hydrogen) atoms. The van der Waals surface area contributed by atoms with Crippen LogP contribution in [0.1, 0.15) is 99.6 Å². The van der Waals surface area contributed by atoms with Gasteiger partial charge in [0.1, 0.15) is 11.5 Å². The van der Waals surface area contributed by atoms with E-state index in [0.29, 0.717) is 17.4 Å². The summed E-state index contributed by atoms with van der Waals surface area (Å²) in [6, 6.07) is 8.56. The first-order valence-electron chi connectivity index (χ1n) is 13.7. The molecule has 2 aliphatic rings. The van der Waals surface area contributed by atoms with Crippen LogP contribution in [-0.2, 0) is 25.7 Å². The van der Waals surface area contributed by atoms with E-state index >= 15 is 0 Å². The molecule has 3 atom stereocenters. The van der Waals surface area contributed by atoms with Crippen molar-refractivity contribution < 1.29 is 10.2 Å². The minimum Gasteiger partial charge on any atom is -0.507 e. The molecule has 2 aromatic carbocycles. The number of nitrogens with zero attached hydrogens (tertiary/aromatic N) is 2. The molecule has 0 radical (unpaired) electrons. The SMILES string of the molecule is CCCc1cc(C=NC2CC3CCC2(N=Cc2cc(CCC)cc(CC)c2O)C3)c(O)c(CC)c1. The molecule has 4 rings (SSSR count). The van der Waals surface area contributed by atoms with Crippen molar-refractivity contribution in [1.82, 2.24) is 0 Å². The van der Waals surface area contributed by atoms with Gasteiger partial charge in [0.15, 0.2) is 0 Å². The average molecular weight is 475 g/mol. The van der Waals surface area contributed by atoms with E-state index in [2.05, 4.69) is 52.0 Å². The highest BCUT2D eigenvalue weighted by atomic mass is 16.3. The zero-order valence-electron chi connectivity index (χ0n) is 22.0. The number of phenolic OH excluding ortho intramolecular Hbond substituents is 2. The molecule has 2 aliphatic carbocycles. The van der Waals surface area contributed by atoms with Crippen LogP contribution in [0.4, 0.5) is 0 Å². The maximum atomic E-state index is 10.8. The van der Waals surface area contributed by atoms with Gasteiger partial charge in [0.05, 0.1) is 11.6 Å². The summed E-state index contributed by atoms with van der Waals surface area (Å²) < 4.78 is 0. The van der Waals surface area contributed by atoms with Crippen molar-refractivity contribution in [1.29, 1.82) is 0 Å². The van der Waals surface area contributed by atoms with Gasteiger partial charge in [0.25, 0.3) is 0 Å². The van der Waals surface area contributed by atoms with Crippen LogP contribution < -0.4 is 0 Å². The summed E-state index contributed by atoms with van der Waals surface area (Å²) in [6.07, 6.45) is 13.9. The van der Waals surface area contributed by atoms with E-state index in [-0.39, 0.29) is 11.6 Å². The van der Waals surface area contributed by atoms with Crippen LogP contribution in [0.5, 0.6) is 11.5 Å². The molecule has 188 valence electrons. The van der Waals surface area contributed by atoms with Gasteiger partial charge in [-0.3, -0.25) is 9.98 Å². The van der Waals surface area contributed by atoms with Gasteiger partial charge in [-0.2, -0.15) is 0 Å². The van der Waals surface area contributed by atoms with E-state index in [4.69, 9.17) is 9.98 Å². The molecule has 4 nitrogen and oxygen atoms in total. The third-order valence-electron chi connectivity index (χ3n) is 8.05. The Morgan fingerprint density at radius 1 is 0.857 bits per heavy atom. The first-order chi connectivity index (χ1) is 16.9. The van der Waals surface area contributed by atoms with Crippen molar-refractivity contribution in [3.8, 4) is 11.5 Å². The normalized spacial score (nSPS) is 23.8. The zero-order valence-corrected chi connectivity index (χ0v) is 22.0. The summed E-state index contributed by atoms with van der Waals surface area (Å²) in [6.45, 7) is 8.54. The molecule has 0 aromatic heterocycles. The topological polar surface area (TPSA) is 65.2 Å². The Hall–Kier alpha value is -2.62. The van der Waals surface area contributed by atoms with E-state index in [1.165, 1.54) is 17.5 Å². The predicted octanol–water partition coefficient (Wildman–Crippen LogP) is 6.98. The van der Waals surface area contributed by atoms with E-state index < -0.39 is 0 Å². The van der Waals surface area contributed by atoms with Crippen LogP contribution in [0.25, 0.3) is 0 Å². The van der Waals surface area contributed by atoms with Gasteiger partial charge in [-0.1, -0.05) is 52.7 Å². The Kier molecular flexibility index (Phi) is 7.98. The lowest BCUT2D eigenvalue weighted by atomic mass is 9.89. The smallest absolute Gasteiger partial charge is 0.127 e. The second-order valence-electron chi connectivity index (χ2n) is 10.6. The summed E-state index contributed by atoms with van der Waals surface area (Å²) in [5.41, 5.74) is 5.97. The fourth-order valence-electron chi connectivity index (χ4n) is 6.14. The van der Waals surface area contributed by atoms with Crippen molar-refractivity contribution in [3.63, 3.8) is 0 Å². The van der Waals surface area contributed by atoms with Gasteiger partial charge in [-0.05, 0) is 91.7 Å². The van der Waals surface area contributed by atoms with Crippen LogP contribution in [0.3, 0.4) is 0 Å². The fraction of sp³-hybridized carbons (Fsp3) is 0.548. The molecule has 0 aliphatic heterocycles. The first kappa shape index (κ1) is 25.5. The van der Waals surface area contributed by atoms with Gasteiger partial charge in [0, 0.05) is 23.6 Å². The van der Waals surface area contributed by atoms with Gasteiger partial charge in [0.2, 0.25) is 0 Å². The third-order valence-corrected chi connectivity index (χ3v) is 8.05. The molecular formula is C31H42N2O2. The summed E-state index contributed by atoms with van der Waals surface area (Å²) in [4.78, 5) is 10.2. The lowest BCUT2D eigenvalue weighted by Gasteiger charge is -2.28. The predicted molar refractivity (Wildman–Crippen MR) is 147 cm³/mol. The largest absolute Gasteiger partial charge is 0.507 e. The number of phenols is 2. The van der Waals surface area contributed by atoms with Crippen LogP contribution in [0.15, 0.2) is 34.3 Å². The van der Waals surface area contributed by atoms with E-state index in [0.717, 1.165) is 80.0 Å². The maximum Gasteiger partial charge on any atom is 0.127 e.